The second-order valence-corrected chi connectivity index (χ2v) is 7.06. The van der Waals surface area contributed by atoms with Gasteiger partial charge in [0.05, 0.1) is 19.3 Å². The Kier molecular flexibility index (Phi) is 7.88. The first-order valence-electron chi connectivity index (χ1n) is 10.4. The number of carbonyl (C=O) groups excluding carboxylic acids is 1. The Bertz CT molecular complexity index is 1040. The molecule has 0 amide bonds. The van der Waals surface area contributed by atoms with Gasteiger partial charge in [0.2, 0.25) is 0 Å². The number of ketones is 1. The number of ether oxygens (including phenoxy) is 3. The molecule has 0 atom stereocenters. The Labute approximate surface area is 184 Å². The van der Waals surface area contributed by atoms with Crippen LogP contribution in [0.25, 0.3) is 6.08 Å². The van der Waals surface area contributed by atoms with E-state index >= 15 is 0 Å². The molecule has 3 aromatic carbocycles. The Morgan fingerprint density at radius 2 is 1.68 bits per heavy atom. The van der Waals surface area contributed by atoms with Crippen molar-refractivity contribution in [2.45, 2.75) is 26.9 Å². The molecule has 0 fully saturated rings. The minimum Gasteiger partial charge on any atom is -0.497 e. The second-order valence-electron chi connectivity index (χ2n) is 7.06. The molecule has 0 aliphatic heterocycles. The summed E-state index contributed by atoms with van der Waals surface area (Å²) in [6.07, 6.45) is 4.74. The molecule has 160 valence electrons. The fourth-order valence-corrected chi connectivity index (χ4v) is 3.18. The molecule has 0 saturated carbocycles. The van der Waals surface area contributed by atoms with Gasteiger partial charge in [-0.05, 0) is 48.7 Å². The van der Waals surface area contributed by atoms with Crippen LogP contribution in [-0.4, -0.2) is 19.5 Å². The van der Waals surface area contributed by atoms with Crippen molar-refractivity contribution in [3.05, 3.63) is 95.1 Å². The monoisotopic (exact) mass is 416 g/mol. The maximum atomic E-state index is 13.6. The first-order chi connectivity index (χ1) is 15.2. The van der Waals surface area contributed by atoms with E-state index in [1.165, 1.54) is 0 Å². The molecule has 31 heavy (non-hydrogen) atoms. The van der Waals surface area contributed by atoms with Gasteiger partial charge in [0.1, 0.15) is 23.9 Å². The van der Waals surface area contributed by atoms with Crippen molar-refractivity contribution in [1.29, 1.82) is 0 Å². The highest BCUT2D eigenvalue weighted by Gasteiger charge is 2.19. The highest BCUT2D eigenvalue weighted by atomic mass is 16.5. The van der Waals surface area contributed by atoms with Crippen molar-refractivity contribution in [1.82, 2.24) is 0 Å². The molecular weight excluding hydrogens is 388 g/mol. The van der Waals surface area contributed by atoms with E-state index in [-0.39, 0.29) is 5.78 Å². The van der Waals surface area contributed by atoms with Gasteiger partial charge in [-0.15, -0.1) is 0 Å². The molecule has 0 heterocycles. The first kappa shape index (κ1) is 22.2. The smallest absolute Gasteiger partial charge is 0.197 e. The first-order valence-corrected chi connectivity index (χ1v) is 10.4. The number of hydrogen-bond donors (Lipinski definition) is 0. The van der Waals surface area contributed by atoms with Gasteiger partial charge in [0.25, 0.3) is 0 Å². The Hall–Kier alpha value is -3.53. The van der Waals surface area contributed by atoms with Crippen molar-refractivity contribution in [2.75, 3.05) is 13.7 Å². The third-order valence-corrected chi connectivity index (χ3v) is 4.76. The number of benzene rings is 3. The van der Waals surface area contributed by atoms with E-state index in [9.17, 15) is 4.79 Å². The van der Waals surface area contributed by atoms with Gasteiger partial charge in [-0.1, -0.05) is 55.5 Å². The SMILES string of the molecule is C/C=C/c1ccc(OCCC)cc1C(=O)c1ccc(OC)cc1OCc1ccccc1. The number of allylic oxidation sites excluding steroid dienone is 1. The second kappa shape index (κ2) is 11.0. The van der Waals surface area contributed by atoms with Crippen molar-refractivity contribution in [2.24, 2.45) is 0 Å². The normalized spacial score (nSPS) is 10.8. The highest BCUT2D eigenvalue weighted by Crippen LogP contribution is 2.30. The zero-order chi connectivity index (χ0) is 22.1. The Morgan fingerprint density at radius 1 is 0.903 bits per heavy atom. The van der Waals surface area contributed by atoms with E-state index in [0.717, 1.165) is 17.5 Å². The molecule has 0 aliphatic carbocycles. The van der Waals surface area contributed by atoms with Crippen molar-refractivity contribution in [3.8, 4) is 17.2 Å². The van der Waals surface area contributed by atoms with Crippen LogP contribution >= 0.6 is 0 Å². The molecular formula is C27H28O4. The highest BCUT2D eigenvalue weighted by molar-refractivity contribution is 6.13. The molecule has 0 spiro atoms. The van der Waals surface area contributed by atoms with Crippen LogP contribution in [0.15, 0.2) is 72.8 Å². The van der Waals surface area contributed by atoms with Crippen LogP contribution in [0.2, 0.25) is 0 Å². The molecule has 4 nitrogen and oxygen atoms in total. The van der Waals surface area contributed by atoms with Gasteiger partial charge >= 0.3 is 0 Å². The van der Waals surface area contributed by atoms with Crippen LogP contribution in [-0.2, 0) is 6.61 Å². The lowest BCUT2D eigenvalue weighted by Gasteiger charge is -2.15. The zero-order valence-electron chi connectivity index (χ0n) is 18.3. The van der Waals surface area contributed by atoms with E-state index in [0.29, 0.717) is 41.6 Å². The van der Waals surface area contributed by atoms with Crippen LogP contribution in [0.1, 0.15) is 47.3 Å². The summed E-state index contributed by atoms with van der Waals surface area (Å²) in [7, 11) is 1.59. The van der Waals surface area contributed by atoms with Gasteiger partial charge in [-0.2, -0.15) is 0 Å². The summed E-state index contributed by atoms with van der Waals surface area (Å²) in [5.41, 5.74) is 2.91. The Morgan fingerprint density at radius 3 is 2.39 bits per heavy atom. The van der Waals surface area contributed by atoms with Crippen molar-refractivity contribution < 1.29 is 19.0 Å². The predicted molar refractivity (Wildman–Crippen MR) is 124 cm³/mol. The van der Waals surface area contributed by atoms with Gasteiger partial charge < -0.3 is 14.2 Å². The molecule has 0 radical (unpaired) electrons. The summed E-state index contributed by atoms with van der Waals surface area (Å²) in [6.45, 7) is 4.94. The quantitative estimate of drug-likeness (QED) is 0.362. The van der Waals surface area contributed by atoms with Gasteiger partial charge in [-0.3, -0.25) is 4.79 Å². The minimum absolute atomic E-state index is 0.124. The third kappa shape index (κ3) is 5.76. The molecule has 0 unspecified atom stereocenters. The lowest BCUT2D eigenvalue weighted by molar-refractivity contribution is 0.103. The third-order valence-electron chi connectivity index (χ3n) is 4.76. The maximum absolute atomic E-state index is 13.6. The van der Waals surface area contributed by atoms with Gasteiger partial charge in [0.15, 0.2) is 5.78 Å². The molecule has 3 rings (SSSR count). The number of carbonyl (C=O) groups is 1. The fourth-order valence-electron chi connectivity index (χ4n) is 3.18. The summed E-state index contributed by atoms with van der Waals surface area (Å²) >= 11 is 0. The summed E-state index contributed by atoms with van der Waals surface area (Å²) in [5, 5.41) is 0. The van der Waals surface area contributed by atoms with Crippen LogP contribution in [0, 0.1) is 0 Å². The topological polar surface area (TPSA) is 44.8 Å². The zero-order valence-corrected chi connectivity index (χ0v) is 18.3. The molecule has 0 N–H and O–H groups in total. The van der Waals surface area contributed by atoms with E-state index in [1.807, 2.05) is 68.5 Å². The summed E-state index contributed by atoms with van der Waals surface area (Å²) in [4.78, 5) is 13.6. The standard InChI is InChI=1S/C27H28O4/c1-4-9-21-12-13-23(30-16-5-2)17-25(21)27(28)24-15-14-22(29-3)18-26(24)31-19-20-10-7-6-8-11-20/h4,6-15,17-18H,5,16,19H2,1-3H3/b9-4+. The summed E-state index contributed by atoms with van der Waals surface area (Å²) in [5.74, 6) is 1.67. The van der Waals surface area contributed by atoms with Crippen LogP contribution in [0.4, 0.5) is 0 Å². The molecule has 0 saturated heterocycles. The van der Waals surface area contributed by atoms with E-state index < -0.39 is 0 Å². The number of rotatable bonds is 10. The lowest BCUT2D eigenvalue weighted by Crippen LogP contribution is -2.08. The van der Waals surface area contributed by atoms with Gasteiger partial charge in [0, 0.05) is 11.6 Å². The largest absolute Gasteiger partial charge is 0.497 e. The van der Waals surface area contributed by atoms with Gasteiger partial charge in [-0.25, -0.2) is 0 Å². The summed E-state index contributed by atoms with van der Waals surface area (Å²) in [6, 6.07) is 20.7. The fraction of sp³-hybridized carbons (Fsp3) is 0.222. The average Bonchev–Trinajstić information content (AvgIpc) is 2.82. The van der Waals surface area contributed by atoms with Crippen molar-refractivity contribution >= 4 is 11.9 Å². The van der Waals surface area contributed by atoms with Crippen molar-refractivity contribution in [3.63, 3.8) is 0 Å². The predicted octanol–water partition coefficient (Wildman–Crippen LogP) is 6.33. The number of hydrogen-bond acceptors (Lipinski definition) is 4. The molecule has 0 aliphatic rings. The van der Waals surface area contributed by atoms with Crippen LogP contribution < -0.4 is 14.2 Å². The minimum atomic E-state index is -0.124. The Balaban J connectivity index is 1.98. The van der Waals surface area contributed by atoms with Crippen LogP contribution in [0.5, 0.6) is 17.2 Å². The lowest BCUT2D eigenvalue weighted by atomic mass is 9.97. The average molecular weight is 417 g/mol. The molecule has 0 bridgehead atoms. The summed E-state index contributed by atoms with van der Waals surface area (Å²) < 4.78 is 17.2. The van der Waals surface area contributed by atoms with Crippen LogP contribution in [0.3, 0.4) is 0 Å². The van der Waals surface area contributed by atoms with E-state index in [2.05, 4.69) is 0 Å². The maximum Gasteiger partial charge on any atom is 0.197 e. The molecule has 4 heteroatoms. The molecule has 0 aromatic heterocycles. The number of methoxy groups -OCH3 is 1. The van der Waals surface area contributed by atoms with E-state index in [4.69, 9.17) is 14.2 Å². The van der Waals surface area contributed by atoms with E-state index in [1.54, 1.807) is 31.4 Å². The molecule has 3 aromatic rings.